The smallest absolute Gasteiger partial charge is 0.368 e. The van der Waals surface area contributed by atoms with E-state index in [2.05, 4.69) is 25.4 Å². The number of nitrogens with zero attached hydrogens (tertiary/aromatic N) is 5. The summed E-state index contributed by atoms with van der Waals surface area (Å²) in [6.45, 7) is 1.39. The molecule has 2 atom stereocenters. The molecule has 1 aliphatic heterocycles. The molecule has 6 rings (SSSR count). The lowest BCUT2D eigenvalue weighted by Gasteiger charge is -2.27. The topological polar surface area (TPSA) is 179 Å². The number of nitrogen functional groups attached to an aromatic ring is 1. The minimum Gasteiger partial charge on any atom is -0.489 e. The first-order chi connectivity index (χ1) is 22.7. The molecular formula is C33H42N8O5S. The fraction of sp³-hybridized carbons (Fsp3) is 0.455. The second-order valence-corrected chi connectivity index (χ2v) is 14.1. The molecule has 0 amide bonds. The van der Waals surface area contributed by atoms with Gasteiger partial charge in [-0.3, -0.25) is 4.72 Å². The van der Waals surface area contributed by atoms with Gasteiger partial charge in [-0.2, -0.15) is 9.36 Å². The Morgan fingerprint density at radius 3 is 2.60 bits per heavy atom. The third-order valence-corrected chi connectivity index (χ3v) is 10.4. The van der Waals surface area contributed by atoms with Crippen LogP contribution in [0.15, 0.2) is 70.5 Å². The number of aliphatic hydroxyl groups excluding tert-OH is 1. The van der Waals surface area contributed by atoms with Gasteiger partial charge >= 0.3 is 5.69 Å². The monoisotopic (exact) mass is 662 g/mol. The van der Waals surface area contributed by atoms with E-state index >= 15 is 0 Å². The van der Waals surface area contributed by atoms with E-state index in [1.165, 1.54) is 47.5 Å². The molecule has 5 N–H and O–H groups in total. The molecule has 47 heavy (non-hydrogen) atoms. The zero-order valence-electron chi connectivity index (χ0n) is 26.3. The van der Waals surface area contributed by atoms with Crippen molar-refractivity contribution < 1.29 is 18.3 Å². The number of aromatic nitrogens is 5. The van der Waals surface area contributed by atoms with Gasteiger partial charge in [-0.1, -0.05) is 44.6 Å². The standard InChI is InChI=1S/C33H42N8O5S/c34-32-17-9-25(20-36-32)30(42)22-35-21-28-14-8-24-19-29(15-16-31(24)46-28)47(44,45)37-26-10-12-27(13-11-26)41-33(43)40(38-39-41)18-4-3-7-23-5-1-2-6-23/h9-13,15-17,19-20,23,28,30,35,37,42H,1-8,14,18,21-22H2,(H2,34,36)/t28?,30-/m0/s1. The summed E-state index contributed by atoms with van der Waals surface area (Å²) in [6, 6.07) is 14.7. The fourth-order valence-corrected chi connectivity index (χ4v) is 7.41. The molecule has 0 radical (unpaired) electrons. The van der Waals surface area contributed by atoms with Crippen LogP contribution in [0.4, 0.5) is 11.5 Å². The predicted molar refractivity (Wildman–Crippen MR) is 178 cm³/mol. The maximum Gasteiger partial charge on any atom is 0.368 e. The fourth-order valence-electron chi connectivity index (χ4n) is 6.30. The van der Waals surface area contributed by atoms with Crippen LogP contribution in [-0.2, 0) is 23.0 Å². The molecule has 14 heteroatoms. The van der Waals surface area contributed by atoms with Crippen LogP contribution in [0.1, 0.15) is 68.6 Å². The summed E-state index contributed by atoms with van der Waals surface area (Å²) in [7, 11) is -3.87. The summed E-state index contributed by atoms with van der Waals surface area (Å²) in [5.41, 5.74) is 7.64. The first-order valence-corrected chi connectivity index (χ1v) is 17.8. The molecular weight excluding hydrogens is 620 g/mol. The molecule has 0 bridgehead atoms. The molecule has 1 saturated carbocycles. The van der Waals surface area contributed by atoms with E-state index in [4.69, 9.17) is 10.5 Å². The number of fused-ring (bicyclic) bond motifs is 1. The van der Waals surface area contributed by atoms with Gasteiger partial charge in [0.25, 0.3) is 10.0 Å². The van der Waals surface area contributed by atoms with E-state index < -0.39 is 16.1 Å². The van der Waals surface area contributed by atoms with E-state index in [0.717, 1.165) is 24.3 Å². The number of pyridine rings is 1. The summed E-state index contributed by atoms with van der Waals surface area (Å²) in [5.74, 6) is 1.87. The quantitative estimate of drug-likeness (QED) is 0.146. The zero-order valence-corrected chi connectivity index (χ0v) is 27.1. The van der Waals surface area contributed by atoms with Gasteiger partial charge in [-0.15, -0.1) is 0 Å². The number of benzene rings is 2. The molecule has 1 fully saturated rings. The van der Waals surface area contributed by atoms with Crippen LogP contribution in [0.5, 0.6) is 5.75 Å². The zero-order chi connectivity index (χ0) is 32.8. The van der Waals surface area contributed by atoms with Gasteiger partial charge in [0.1, 0.15) is 17.7 Å². The number of sulfonamides is 1. The second kappa shape index (κ2) is 14.7. The third-order valence-electron chi connectivity index (χ3n) is 8.99. The van der Waals surface area contributed by atoms with Crippen molar-refractivity contribution in [3.05, 3.63) is 82.4 Å². The van der Waals surface area contributed by atoms with Gasteiger partial charge in [0.05, 0.1) is 16.7 Å². The Morgan fingerprint density at radius 2 is 1.83 bits per heavy atom. The number of aryl methyl sites for hydroxylation is 2. The predicted octanol–water partition coefficient (Wildman–Crippen LogP) is 3.58. The van der Waals surface area contributed by atoms with Gasteiger partial charge in [0.2, 0.25) is 0 Å². The van der Waals surface area contributed by atoms with Crippen molar-refractivity contribution in [2.75, 3.05) is 23.5 Å². The molecule has 250 valence electrons. The van der Waals surface area contributed by atoms with Crippen LogP contribution in [0.25, 0.3) is 5.69 Å². The van der Waals surface area contributed by atoms with Gasteiger partial charge < -0.3 is 20.9 Å². The first kappa shape index (κ1) is 32.7. The number of nitrogens with two attached hydrogens (primary N) is 1. The average molecular weight is 663 g/mol. The summed E-state index contributed by atoms with van der Waals surface area (Å²) in [6.07, 6.45) is 10.5. The summed E-state index contributed by atoms with van der Waals surface area (Å²) in [5, 5.41) is 21.7. The van der Waals surface area contributed by atoms with Crippen molar-refractivity contribution in [1.82, 2.24) is 30.1 Å². The maximum atomic E-state index is 13.2. The Hall–Kier alpha value is -4.27. The lowest BCUT2D eigenvalue weighted by atomic mass is 10.0. The minimum absolute atomic E-state index is 0.117. The minimum atomic E-state index is -3.87. The number of ether oxygens (including phenoxy) is 1. The molecule has 13 nitrogen and oxygen atoms in total. The van der Waals surface area contributed by atoms with Gasteiger partial charge in [-0.25, -0.2) is 18.2 Å². The van der Waals surface area contributed by atoms with Gasteiger partial charge in [0.15, 0.2) is 0 Å². The van der Waals surface area contributed by atoms with Crippen LogP contribution in [0.2, 0.25) is 0 Å². The highest BCUT2D eigenvalue weighted by atomic mass is 32.2. The second-order valence-electron chi connectivity index (χ2n) is 12.4. The highest BCUT2D eigenvalue weighted by Crippen LogP contribution is 2.31. The van der Waals surface area contributed by atoms with E-state index in [1.807, 2.05) is 0 Å². The highest BCUT2D eigenvalue weighted by molar-refractivity contribution is 7.92. The first-order valence-electron chi connectivity index (χ1n) is 16.3. The summed E-state index contributed by atoms with van der Waals surface area (Å²) >= 11 is 0. The third kappa shape index (κ3) is 8.18. The largest absolute Gasteiger partial charge is 0.489 e. The van der Waals surface area contributed by atoms with Crippen molar-refractivity contribution in [3.63, 3.8) is 0 Å². The van der Waals surface area contributed by atoms with Crippen LogP contribution >= 0.6 is 0 Å². The van der Waals surface area contributed by atoms with Crippen molar-refractivity contribution >= 4 is 21.5 Å². The number of unbranched alkanes of at least 4 members (excludes halogenated alkanes) is 1. The van der Waals surface area contributed by atoms with Gasteiger partial charge in [-0.05, 0) is 89.7 Å². The van der Waals surface area contributed by atoms with E-state index in [9.17, 15) is 18.3 Å². The Bertz CT molecular complexity index is 1800. The Morgan fingerprint density at radius 1 is 1.02 bits per heavy atom. The molecule has 2 aliphatic rings. The summed E-state index contributed by atoms with van der Waals surface area (Å²) in [4.78, 5) is 17.0. The van der Waals surface area contributed by atoms with Crippen molar-refractivity contribution in [2.45, 2.75) is 81.4 Å². The lowest BCUT2D eigenvalue weighted by Crippen LogP contribution is -2.36. The van der Waals surface area contributed by atoms with Crippen LogP contribution in [-0.4, -0.2) is 57.5 Å². The normalized spacial score (nSPS) is 17.3. The van der Waals surface area contributed by atoms with Crippen molar-refractivity contribution in [1.29, 1.82) is 0 Å². The molecule has 0 spiro atoms. The number of hydrogen-bond donors (Lipinski definition) is 4. The Kier molecular flexibility index (Phi) is 10.2. The van der Waals surface area contributed by atoms with Crippen molar-refractivity contribution in [2.24, 2.45) is 5.92 Å². The molecule has 0 saturated heterocycles. The number of rotatable bonds is 14. The number of anilines is 2. The molecule has 3 heterocycles. The number of aliphatic hydroxyl groups is 1. The van der Waals surface area contributed by atoms with E-state index in [-0.39, 0.29) is 16.7 Å². The molecule has 1 unspecified atom stereocenters. The highest BCUT2D eigenvalue weighted by Gasteiger charge is 2.23. The number of nitrogens with one attached hydrogen (secondary N) is 2. The van der Waals surface area contributed by atoms with Crippen LogP contribution < -0.4 is 26.2 Å². The molecule has 2 aromatic heterocycles. The van der Waals surface area contributed by atoms with E-state index in [0.29, 0.717) is 61.0 Å². The number of tetrazole rings is 1. The Balaban J connectivity index is 0.998. The lowest BCUT2D eigenvalue weighted by molar-refractivity contribution is 0.146. The molecule has 2 aromatic carbocycles. The van der Waals surface area contributed by atoms with Crippen molar-refractivity contribution in [3.8, 4) is 11.4 Å². The van der Waals surface area contributed by atoms with Crippen LogP contribution in [0, 0.1) is 5.92 Å². The molecule has 1 aliphatic carbocycles. The average Bonchev–Trinajstić information content (AvgIpc) is 3.73. The molecule has 4 aromatic rings. The number of hydrogen-bond acceptors (Lipinski definition) is 10. The maximum absolute atomic E-state index is 13.2. The SMILES string of the molecule is Nc1ccc([C@@H](O)CNCC2CCc3cc(S(=O)(=O)Nc4ccc(-n5nnn(CCCCC6CCCC6)c5=O)cc4)ccc3O2)cn1. The Labute approximate surface area is 274 Å². The van der Waals surface area contributed by atoms with Crippen LogP contribution in [0.3, 0.4) is 0 Å². The van der Waals surface area contributed by atoms with Gasteiger partial charge in [0, 0.05) is 37.1 Å². The summed E-state index contributed by atoms with van der Waals surface area (Å²) < 4.78 is 37.8. The van der Waals surface area contributed by atoms with E-state index in [1.54, 1.807) is 54.7 Å².